The molecule has 0 spiro atoms. The first-order valence-corrected chi connectivity index (χ1v) is 7.49. The number of hydrogen-bond donors (Lipinski definition) is 1. The van der Waals surface area contributed by atoms with Crippen LogP contribution < -0.4 is 5.32 Å². The fraction of sp³-hybridized carbons (Fsp3) is 0.533. The first-order chi connectivity index (χ1) is 8.65. The highest BCUT2D eigenvalue weighted by molar-refractivity contribution is 9.10. The molecule has 0 saturated carbocycles. The summed E-state index contributed by atoms with van der Waals surface area (Å²) in [4.78, 5) is 11.8. The normalized spacial score (nSPS) is 10.4. The van der Waals surface area contributed by atoms with Gasteiger partial charge in [-0.3, -0.25) is 4.79 Å². The topological polar surface area (TPSA) is 29.1 Å². The molecule has 0 bridgehead atoms. The molecule has 0 fully saturated rings. The molecule has 3 heteroatoms. The molecule has 1 N–H and O–H groups in total. The zero-order valence-corrected chi connectivity index (χ0v) is 12.8. The van der Waals surface area contributed by atoms with E-state index in [1.165, 1.54) is 19.3 Å². The highest BCUT2D eigenvalue weighted by atomic mass is 79.9. The maximum Gasteiger partial charge on any atom is 0.224 e. The van der Waals surface area contributed by atoms with Crippen molar-refractivity contribution < 1.29 is 4.79 Å². The number of benzene rings is 1. The highest BCUT2D eigenvalue weighted by Crippen LogP contribution is 2.25. The average Bonchev–Trinajstić information content (AvgIpc) is 2.35. The monoisotopic (exact) mass is 311 g/mol. The Balaban J connectivity index is 2.34. The van der Waals surface area contributed by atoms with Gasteiger partial charge in [0.1, 0.15) is 0 Å². The van der Waals surface area contributed by atoms with E-state index in [0.29, 0.717) is 6.42 Å². The standard InChI is InChI=1S/C15H22BrNO/c1-3-4-5-6-7-11-14(18)17-13-10-8-9-12(2)15(13)16/h8-10H,3-7,11H2,1-2H3,(H,17,18). The summed E-state index contributed by atoms with van der Waals surface area (Å²) in [6.07, 6.45) is 6.49. The number of hydrogen-bond acceptors (Lipinski definition) is 1. The average molecular weight is 312 g/mol. The molecule has 1 rings (SSSR count). The van der Waals surface area contributed by atoms with Crippen molar-refractivity contribution in [2.75, 3.05) is 5.32 Å². The van der Waals surface area contributed by atoms with Gasteiger partial charge in [-0.05, 0) is 40.9 Å². The van der Waals surface area contributed by atoms with Crippen LogP contribution >= 0.6 is 15.9 Å². The van der Waals surface area contributed by atoms with E-state index in [9.17, 15) is 4.79 Å². The second-order valence-electron chi connectivity index (χ2n) is 4.65. The number of rotatable bonds is 7. The van der Waals surface area contributed by atoms with Crippen molar-refractivity contribution in [3.05, 3.63) is 28.2 Å². The summed E-state index contributed by atoms with van der Waals surface area (Å²) < 4.78 is 0.976. The SMILES string of the molecule is CCCCCCCC(=O)Nc1cccc(C)c1Br. The molecule has 18 heavy (non-hydrogen) atoms. The van der Waals surface area contributed by atoms with E-state index in [1.54, 1.807) is 0 Å². The van der Waals surface area contributed by atoms with Gasteiger partial charge in [-0.1, -0.05) is 44.7 Å². The number of anilines is 1. The van der Waals surface area contributed by atoms with Crippen LogP contribution in [0.5, 0.6) is 0 Å². The van der Waals surface area contributed by atoms with Crippen molar-refractivity contribution in [2.24, 2.45) is 0 Å². The Kier molecular flexibility index (Phi) is 7.02. The van der Waals surface area contributed by atoms with Gasteiger partial charge in [0.05, 0.1) is 5.69 Å². The third-order valence-corrected chi connectivity index (χ3v) is 4.03. The molecule has 2 nitrogen and oxygen atoms in total. The summed E-state index contributed by atoms with van der Waals surface area (Å²) in [6.45, 7) is 4.21. The first kappa shape index (κ1) is 15.2. The number of carbonyl (C=O) groups is 1. The van der Waals surface area contributed by atoms with Crippen LogP contribution in [0, 0.1) is 6.92 Å². The summed E-state index contributed by atoms with van der Waals surface area (Å²) in [6, 6.07) is 5.90. The van der Waals surface area contributed by atoms with Crippen molar-refractivity contribution in [2.45, 2.75) is 52.4 Å². The van der Waals surface area contributed by atoms with Crippen LogP contribution in [0.15, 0.2) is 22.7 Å². The fourth-order valence-corrected chi connectivity index (χ4v) is 2.21. The summed E-state index contributed by atoms with van der Waals surface area (Å²) in [5.74, 6) is 0.109. The number of aryl methyl sites for hydroxylation is 1. The van der Waals surface area contributed by atoms with E-state index in [2.05, 4.69) is 28.2 Å². The maximum absolute atomic E-state index is 11.8. The second-order valence-corrected chi connectivity index (χ2v) is 5.44. The molecule has 0 radical (unpaired) electrons. The van der Waals surface area contributed by atoms with Gasteiger partial charge in [0.2, 0.25) is 5.91 Å². The molecule has 1 aromatic carbocycles. The van der Waals surface area contributed by atoms with Crippen molar-refractivity contribution >= 4 is 27.5 Å². The van der Waals surface area contributed by atoms with E-state index in [-0.39, 0.29) is 5.91 Å². The predicted molar refractivity (Wildman–Crippen MR) is 80.9 cm³/mol. The minimum Gasteiger partial charge on any atom is -0.325 e. The van der Waals surface area contributed by atoms with Gasteiger partial charge >= 0.3 is 0 Å². The first-order valence-electron chi connectivity index (χ1n) is 6.70. The number of unbranched alkanes of at least 4 members (excludes halogenated alkanes) is 4. The summed E-state index contributed by atoms with van der Waals surface area (Å²) in [5.41, 5.74) is 2.00. The smallest absolute Gasteiger partial charge is 0.224 e. The fourth-order valence-electron chi connectivity index (χ4n) is 1.85. The maximum atomic E-state index is 11.8. The summed E-state index contributed by atoms with van der Waals surface area (Å²) in [7, 11) is 0. The zero-order valence-electron chi connectivity index (χ0n) is 11.3. The molecular weight excluding hydrogens is 290 g/mol. The number of nitrogens with one attached hydrogen (secondary N) is 1. The minimum atomic E-state index is 0.109. The lowest BCUT2D eigenvalue weighted by Crippen LogP contribution is -2.11. The van der Waals surface area contributed by atoms with Gasteiger partial charge in [0.15, 0.2) is 0 Å². The van der Waals surface area contributed by atoms with Crippen LogP contribution in [0.1, 0.15) is 51.0 Å². The van der Waals surface area contributed by atoms with Crippen molar-refractivity contribution in [3.63, 3.8) is 0 Å². The zero-order chi connectivity index (χ0) is 13.4. The van der Waals surface area contributed by atoms with E-state index < -0.39 is 0 Å². The summed E-state index contributed by atoms with van der Waals surface area (Å²) in [5, 5.41) is 2.96. The second kappa shape index (κ2) is 8.30. The highest BCUT2D eigenvalue weighted by Gasteiger charge is 2.06. The molecular formula is C15H22BrNO. The molecule has 0 aliphatic heterocycles. The molecule has 1 amide bonds. The van der Waals surface area contributed by atoms with E-state index in [0.717, 1.165) is 28.6 Å². The van der Waals surface area contributed by atoms with Crippen molar-refractivity contribution in [3.8, 4) is 0 Å². The number of halogens is 1. The Bertz CT molecular complexity index is 390. The lowest BCUT2D eigenvalue weighted by atomic mass is 10.1. The molecule has 0 aliphatic carbocycles. The number of amides is 1. The number of carbonyl (C=O) groups excluding carboxylic acids is 1. The van der Waals surface area contributed by atoms with Gasteiger partial charge in [-0.2, -0.15) is 0 Å². The van der Waals surface area contributed by atoms with Crippen LogP contribution in [-0.4, -0.2) is 5.91 Å². The lowest BCUT2D eigenvalue weighted by Gasteiger charge is -2.09. The minimum absolute atomic E-state index is 0.109. The third kappa shape index (κ3) is 5.21. The Morgan fingerprint density at radius 2 is 1.94 bits per heavy atom. The third-order valence-electron chi connectivity index (χ3n) is 2.97. The van der Waals surface area contributed by atoms with Crippen molar-refractivity contribution in [1.29, 1.82) is 0 Å². The predicted octanol–water partition coefficient (Wildman–Crippen LogP) is 5.06. The Hall–Kier alpha value is -0.830. The molecule has 0 aliphatic rings. The molecule has 0 atom stereocenters. The van der Waals surface area contributed by atoms with Gasteiger partial charge in [0.25, 0.3) is 0 Å². The van der Waals surface area contributed by atoms with E-state index in [1.807, 2.05) is 25.1 Å². The van der Waals surface area contributed by atoms with Crippen LogP contribution in [-0.2, 0) is 4.79 Å². The van der Waals surface area contributed by atoms with E-state index in [4.69, 9.17) is 0 Å². The van der Waals surface area contributed by atoms with Crippen LogP contribution in [0.3, 0.4) is 0 Å². The van der Waals surface area contributed by atoms with Crippen molar-refractivity contribution in [1.82, 2.24) is 0 Å². The molecule has 1 aromatic rings. The largest absolute Gasteiger partial charge is 0.325 e. The molecule has 0 heterocycles. The molecule has 0 aromatic heterocycles. The quantitative estimate of drug-likeness (QED) is 0.701. The molecule has 0 unspecified atom stereocenters. The van der Waals surface area contributed by atoms with Gasteiger partial charge in [-0.15, -0.1) is 0 Å². The van der Waals surface area contributed by atoms with Gasteiger partial charge in [0, 0.05) is 10.9 Å². The lowest BCUT2D eigenvalue weighted by molar-refractivity contribution is -0.116. The molecule has 100 valence electrons. The Morgan fingerprint density at radius 1 is 1.22 bits per heavy atom. The van der Waals surface area contributed by atoms with Gasteiger partial charge < -0.3 is 5.32 Å². The Labute approximate surface area is 118 Å². The van der Waals surface area contributed by atoms with Crippen LogP contribution in [0.2, 0.25) is 0 Å². The molecule has 0 saturated heterocycles. The van der Waals surface area contributed by atoms with Crippen LogP contribution in [0.4, 0.5) is 5.69 Å². The van der Waals surface area contributed by atoms with Crippen LogP contribution in [0.25, 0.3) is 0 Å². The summed E-state index contributed by atoms with van der Waals surface area (Å²) >= 11 is 3.50. The Morgan fingerprint density at radius 3 is 2.67 bits per heavy atom. The van der Waals surface area contributed by atoms with E-state index >= 15 is 0 Å². The van der Waals surface area contributed by atoms with Gasteiger partial charge in [-0.25, -0.2) is 0 Å².